The number of alkyl halides is 1. The summed E-state index contributed by atoms with van der Waals surface area (Å²) in [4.78, 5) is 8.71. The van der Waals surface area contributed by atoms with E-state index < -0.39 is 5.82 Å². The Kier molecular flexibility index (Phi) is 4.10. The minimum absolute atomic E-state index is 0.137. The van der Waals surface area contributed by atoms with Crippen molar-refractivity contribution in [2.75, 3.05) is 0 Å². The summed E-state index contributed by atoms with van der Waals surface area (Å²) < 4.78 is 15.8. The zero-order valence-electron chi connectivity index (χ0n) is 10.2. The summed E-state index contributed by atoms with van der Waals surface area (Å²) >= 11 is 21.5. The quantitative estimate of drug-likeness (QED) is 0.533. The number of pyridine rings is 1. The molecular formula is C13H6BrCl3FN3. The van der Waals surface area contributed by atoms with Crippen LogP contribution < -0.4 is 0 Å². The summed E-state index contributed by atoms with van der Waals surface area (Å²) in [5, 5.41) is 0.325. The highest BCUT2D eigenvalue weighted by molar-refractivity contribution is 9.10. The first kappa shape index (κ1) is 15.0. The fraction of sp³-hybridized carbons (Fsp3) is 0.0769. The maximum atomic E-state index is 13.4. The van der Waals surface area contributed by atoms with Crippen LogP contribution >= 0.6 is 50.7 Å². The van der Waals surface area contributed by atoms with Gasteiger partial charge in [0.25, 0.3) is 0 Å². The monoisotopic (exact) mass is 407 g/mol. The molecule has 0 amide bonds. The lowest BCUT2D eigenvalue weighted by Crippen LogP contribution is -2.02. The van der Waals surface area contributed by atoms with Crippen molar-refractivity contribution in [1.82, 2.24) is 14.5 Å². The first-order chi connectivity index (χ1) is 10.0. The average Bonchev–Trinajstić information content (AvgIpc) is 2.75. The third kappa shape index (κ3) is 2.63. The number of halogens is 5. The molecule has 0 saturated heterocycles. The molecule has 3 aromatic rings. The second kappa shape index (κ2) is 5.72. The molecular weight excluding hydrogens is 403 g/mol. The normalized spacial score (nSPS) is 11.3. The lowest BCUT2D eigenvalue weighted by Gasteiger charge is -2.11. The number of hydrogen-bond acceptors (Lipinski definition) is 2. The predicted octanol–water partition coefficient (Wildman–Crippen LogP) is 5.37. The van der Waals surface area contributed by atoms with Gasteiger partial charge in [-0.3, -0.25) is 4.57 Å². The Morgan fingerprint density at radius 3 is 2.48 bits per heavy atom. The van der Waals surface area contributed by atoms with E-state index in [0.717, 1.165) is 4.47 Å². The SMILES string of the molecule is Fc1cc(Cl)c(-n2c(CCl)nc3cc(Br)cnc32)c(Cl)c1. The first-order valence-corrected chi connectivity index (χ1v) is 7.83. The van der Waals surface area contributed by atoms with Crippen molar-refractivity contribution >= 4 is 61.9 Å². The fourth-order valence-corrected chi connectivity index (χ4v) is 3.19. The van der Waals surface area contributed by atoms with Crippen LogP contribution in [0.15, 0.2) is 28.9 Å². The van der Waals surface area contributed by atoms with Crippen molar-refractivity contribution in [3.8, 4) is 5.69 Å². The molecule has 0 radical (unpaired) electrons. The molecule has 0 aliphatic heterocycles. The maximum absolute atomic E-state index is 13.4. The lowest BCUT2D eigenvalue weighted by atomic mass is 10.3. The van der Waals surface area contributed by atoms with Crippen LogP contribution in [0.1, 0.15) is 5.82 Å². The Balaban J connectivity index is 2.39. The Bertz CT molecular complexity index is 827. The van der Waals surface area contributed by atoms with Crippen LogP contribution in [0.2, 0.25) is 10.0 Å². The molecule has 21 heavy (non-hydrogen) atoms. The number of nitrogens with zero attached hydrogens (tertiary/aromatic N) is 3. The van der Waals surface area contributed by atoms with Crippen LogP contribution in [-0.4, -0.2) is 14.5 Å². The second-order valence-electron chi connectivity index (χ2n) is 4.21. The van der Waals surface area contributed by atoms with Gasteiger partial charge in [0.15, 0.2) is 5.65 Å². The first-order valence-electron chi connectivity index (χ1n) is 5.75. The van der Waals surface area contributed by atoms with Gasteiger partial charge in [-0.15, -0.1) is 11.6 Å². The van der Waals surface area contributed by atoms with Gasteiger partial charge in [-0.25, -0.2) is 14.4 Å². The molecule has 0 bridgehead atoms. The zero-order valence-corrected chi connectivity index (χ0v) is 14.1. The standard InChI is InChI=1S/C13H6BrCl3FN3/c14-6-1-10-13(19-5-6)21(11(4-15)20-10)12-8(16)2-7(18)3-9(12)17/h1-3,5H,4H2. The fourth-order valence-electron chi connectivity index (χ4n) is 2.06. The molecule has 108 valence electrons. The molecule has 0 atom stereocenters. The van der Waals surface area contributed by atoms with E-state index in [-0.39, 0.29) is 15.9 Å². The van der Waals surface area contributed by atoms with Gasteiger partial charge in [-0.2, -0.15) is 0 Å². The molecule has 0 aliphatic carbocycles. The highest BCUT2D eigenvalue weighted by atomic mass is 79.9. The van der Waals surface area contributed by atoms with E-state index in [0.29, 0.717) is 22.7 Å². The number of rotatable bonds is 2. The van der Waals surface area contributed by atoms with Crippen LogP contribution in [-0.2, 0) is 5.88 Å². The highest BCUT2D eigenvalue weighted by Crippen LogP contribution is 2.33. The van der Waals surface area contributed by atoms with E-state index in [2.05, 4.69) is 25.9 Å². The number of aromatic nitrogens is 3. The highest BCUT2D eigenvalue weighted by Gasteiger charge is 2.19. The molecule has 1 aromatic carbocycles. The molecule has 0 fully saturated rings. The smallest absolute Gasteiger partial charge is 0.164 e. The number of benzene rings is 1. The predicted molar refractivity (Wildman–Crippen MR) is 86.1 cm³/mol. The van der Waals surface area contributed by atoms with Crippen molar-refractivity contribution in [2.45, 2.75) is 5.88 Å². The lowest BCUT2D eigenvalue weighted by molar-refractivity contribution is 0.627. The molecule has 3 rings (SSSR count). The Morgan fingerprint density at radius 2 is 1.86 bits per heavy atom. The maximum Gasteiger partial charge on any atom is 0.164 e. The van der Waals surface area contributed by atoms with Crippen molar-refractivity contribution < 1.29 is 4.39 Å². The summed E-state index contributed by atoms with van der Waals surface area (Å²) in [6.07, 6.45) is 1.63. The van der Waals surface area contributed by atoms with Crippen molar-refractivity contribution in [3.05, 3.63) is 50.6 Å². The average molecular weight is 409 g/mol. The topological polar surface area (TPSA) is 30.7 Å². The van der Waals surface area contributed by atoms with Gasteiger partial charge in [0, 0.05) is 10.7 Å². The molecule has 2 heterocycles. The van der Waals surface area contributed by atoms with Gasteiger partial charge in [0.05, 0.1) is 21.6 Å². The van der Waals surface area contributed by atoms with Crippen LogP contribution in [0.4, 0.5) is 4.39 Å². The molecule has 0 saturated carbocycles. The summed E-state index contributed by atoms with van der Waals surface area (Å²) in [5.74, 6) is 0.145. The van der Waals surface area contributed by atoms with Gasteiger partial charge in [-0.05, 0) is 34.1 Å². The number of fused-ring (bicyclic) bond motifs is 1. The minimum atomic E-state index is -0.513. The Morgan fingerprint density at radius 1 is 1.19 bits per heavy atom. The molecule has 0 aliphatic rings. The second-order valence-corrected chi connectivity index (χ2v) is 6.21. The summed E-state index contributed by atoms with van der Waals surface area (Å²) in [5.41, 5.74) is 1.59. The Hall–Kier alpha value is -0.880. The number of hydrogen-bond donors (Lipinski definition) is 0. The number of imidazole rings is 1. The van der Waals surface area contributed by atoms with E-state index in [1.165, 1.54) is 12.1 Å². The van der Waals surface area contributed by atoms with Gasteiger partial charge < -0.3 is 0 Å². The van der Waals surface area contributed by atoms with Crippen molar-refractivity contribution in [2.24, 2.45) is 0 Å². The third-order valence-electron chi connectivity index (χ3n) is 2.86. The summed E-state index contributed by atoms with van der Waals surface area (Å²) in [6, 6.07) is 4.18. The molecule has 0 N–H and O–H groups in total. The molecule has 0 unspecified atom stereocenters. The van der Waals surface area contributed by atoms with E-state index in [4.69, 9.17) is 34.8 Å². The molecule has 3 nitrogen and oxygen atoms in total. The van der Waals surface area contributed by atoms with Crippen molar-refractivity contribution in [3.63, 3.8) is 0 Å². The van der Waals surface area contributed by atoms with Gasteiger partial charge >= 0.3 is 0 Å². The molecule has 8 heteroatoms. The molecule has 2 aromatic heterocycles. The van der Waals surface area contributed by atoms with E-state index in [9.17, 15) is 4.39 Å². The third-order valence-corrected chi connectivity index (χ3v) is 4.11. The zero-order chi connectivity index (χ0) is 15.1. The van der Waals surface area contributed by atoms with Crippen molar-refractivity contribution in [1.29, 1.82) is 0 Å². The van der Waals surface area contributed by atoms with Gasteiger partial charge in [0.1, 0.15) is 17.2 Å². The van der Waals surface area contributed by atoms with E-state index in [1.807, 2.05) is 0 Å². The van der Waals surface area contributed by atoms with Crippen LogP contribution in [0.25, 0.3) is 16.9 Å². The van der Waals surface area contributed by atoms with E-state index in [1.54, 1.807) is 16.8 Å². The summed E-state index contributed by atoms with van der Waals surface area (Å²) in [6.45, 7) is 0. The van der Waals surface area contributed by atoms with Crippen LogP contribution in [0, 0.1) is 5.82 Å². The summed E-state index contributed by atoms with van der Waals surface area (Å²) in [7, 11) is 0. The van der Waals surface area contributed by atoms with Gasteiger partial charge in [-0.1, -0.05) is 23.2 Å². The van der Waals surface area contributed by atoms with E-state index >= 15 is 0 Å². The minimum Gasteiger partial charge on any atom is -0.277 e. The van der Waals surface area contributed by atoms with Crippen LogP contribution in [0.5, 0.6) is 0 Å². The molecule has 0 spiro atoms. The Labute approximate surface area is 142 Å². The van der Waals surface area contributed by atoms with Crippen LogP contribution in [0.3, 0.4) is 0 Å². The largest absolute Gasteiger partial charge is 0.277 e. The van der Waals surface area contributed by atoms with Gasteiger partial charge in [0.2, 0.25) is 0 Å².